The molecular weight excluding hydrogens is 299 g/mol. The highest BCUT2D eigenvalue weighted by atomic mass is 35.5. The molecule has 1 aromatic carbocycles. The lowest BCUT2D eigenvalue weighted by molar-refractivity contribution is 0.421. The summed E-state index contributed by atoms with van der Waals surface area (Å²) in [6.07, 6.45) is 1.67. The maximum Gasteiger partial charge on any atom is 0.217 e. The molecule has 0 saturated carbocycles. The summed E-state index contributed by atoms with van der Waals surface area (Å²) in [6, 6.07) is 3.25. The van der Waals surface area contributed by atoms with Crippen LogP contribution in [-0.2, 0) is 0 Å². The number of halogens is 2. The van der Waals surface area contributed by atoms with Crippen molar-refractivity contribution in [3.8, 4) is 0 Å². The number of nitrogen functional groups attached to an aromatic ring is 1. The predicted molar refractivity (Wildman–Crippen MR) is 79.2 cm³/mol. The topological polar surface area (TPSA) is 69.9 Å². The molecule has 0 aliphatic heterocycles. The summed E-state index contributed by atoms with van der Waals surface area (Å²) >= 11 is 12.1. The summed E-state index contributed by atoms with van der Waals surface area (Å²) in [5.74, 6) is 1.68. The number of anilines is 1. The van der Waals surface area contributed by atoms with Crippen LogP contribution in [0.5, 0.6) is 0 Å². The molecule has 0 radical (unpaired) electrons. The lowest BCUT2D eigenvalue weighted by atomic mass is 10.2. The molecule has 0 aliphatic rings. The molecule has 0 aliphatic carbocycles. The largest absolute Gasteiger partial charge is 0.444 e. The smallest absolute Gasteiger partial charge is 0.217 e. The number of benzene rings is 1. The van der Waals surface area contributed by atoms with Gasteiger partial charge in [0.1, 0.15) is 11.8 Å². The van der Waals surface area contributed by atoms with Crippen LogP contribution in [0, 0.1) is 6.92 Å². The second-order valence-corrected chi connectivity index (χ2v) is 5.39. The predicted octanol–water partition coefficient (Wildman–Crippen LogP) is 3.83. The first-order chi connectivity index (χ1) is 9.47. The van der Waals surface area contributed by atoms with Gasteiger partial charge >= 0.3 is 0 Å². The Hall–Kier alpha value is -1.72. The number of aromatic nitrogens is 3. The van der Waals surface area contributed by atoms with Crippen molar-refractivity contribution in [3.05, 3.63) is 40.0 Å². The zero-order valence-electron chi connectivity index (χ0n) is 10.9. The molecule has 0 bridgehead atoms. The van der Waals surface area contributed by atoms with Crippen molar-refractivity contribution in [2.24, 2.45) is 0 Å². The Balaban J connectivity index is 2.20. The molecule has 1 unspecified atom stereocenters. The van der Waals surface area contributed by atoms with E-state index < -0.39 is 0 Å². The first-order valence-electron chi connectivity index (χ1n) is 6.02. The summed E-state index contributed by atoms with van der Waals surface area (Å²) in [5, 5.41) is 0.902. The Bertz CT molecular complexity index is 793. The van der Waals surface area contributed by atoms with E-state index in [0.29, 0.717) is 27.4 Å². The SMILES string of the molecule is Cc1cnc(C(C)n2c(N)nc3cc(Cl)c(Cl)cc32)o1. The number of hydrogen-bond acceptors (Lipinski definition) is 4. The number of hydrogen-bond donors (Lipinski definition) is 1. The fraction of sp³-hybridized carbons (Fsp3) is 0.231. The van der Waals surface area contributed by atoms with Crippen LogP contribution >= 0.6 is 23.2 Å². The molecular formula is C13H12Cl2N4O. The fourth-order valence-electron chi connectivity index (χ4n) is 2.19. The van der Waals surface area contributed by atoms with Gasteiger partial charge in [-0.3, -0.25) is 4.57 Å². The molecule has 2 aromatic heterocycles. The summed E-state index contributed by atoms with van der Waals surface area (Å²) in [5.41, 5.74) is 7.47. The Morgan fingerprint density at radius 1 is 1.30 bits per heavy atom. The number of rotatable bonds is 2. The molecule has 0 spiro atoms. The van der Waals surface area contributed by atoms with Crippen molar-refractivity contribution in [1.82, 2.24) is 14.5 Å². The van der Waals surface area contributed by atoms with E-state index in [-0.39, 0.29) is 6.04 Å². The molecule has 7 heteroatoms. The lowest BCUT2D eigenvalue weighted by Gasteiger charge is -2.12. The monoisotopic (exact) mass is 310 g/mol. The normalized spacial score (nSPS) is 13.0. The Labute approximate surface area is 125 Å². The standard InChI is InChI=1S/C13H12Cl2N4O/c1-6-5-17-12(20-6)7(2)19-11-4-9(15)8(14)3-10(11)18-13(19)16/h3-5,7H,1-2H3,(H2,16,18). The second kappa shape index (κ2) is 4.68. The van der Waals surface area contributed by atoms with Crippen molar-refractivity contribution < 1.29 is 4.42 Å². The second-order valence-electron chi connectivity index (χ2n) is 4.58. The highest BCUT2D eigenvalue weighted by Crippen LogP contribution is 2.32. The van der Waals surface area contributed by atoms with E-state index in [2.05, 4.69) is 9.97 Å². The molecule has 20 heavy (non-hydrogen) atoms. The molecule has 0 fully saturated rings. The van der Waals surface area contributed by atoms with Crippen LogP contribution in [0.25, 0.3) is 11.0 Å². The first-order valence-corrected chi connectivity index (χ1v) is 6.77. The van der Waals surface area contributed by atoms with E-state index >= 15 is 0 Å². The van der Waals surface area contributed by atoms with Crippen molar-refractivity contribution in [2.75, 3.05) is 5.73 Å². The highest BCUT2D eigenvalue weighted by molar-refractivity contribution is 6.42. The molecule has 2 heterocycles. The third-order valence-corrected chi connectivity index (χ3v) is 3.86. The van der Waals surface area contributed by atoms with E-state index in [1.807, 2.05) is 18.4 Å². The van der Waals surface area contributed by atoms with Crippen LogP contribution in [0.1, 0.15) is 24.6 Å². The number of oxazole rings is 1. The van der Waals surface area contributed by atoms with E-state index in [0.717, 1.165) is 11.3 Å². The zero-order chi connectivity index (χ0) is 14.4. The number of fused-ring (bicyclic) bond motifs is 1. The minimum atomic E-state index is -0.189. The van der Waals surface area contributed by atoms with Gasteiger partial charge in [0.2, 0.25) is 11.8 Å². The zero-order valence-corrected chi connectivity index (χ0v) is 12.4. The van der Waals surface area contributed by atoms with Crippen molar-refractivity contribution >= 4 is 40.2 Å². The number of aryl methyl sites for hydroxylation is 1. The molecule has 5 nitrogen and oxygen atoms in total. The summed E-state index contributed by atoms with van der Waals surface area (Å²) < 4.78 is 7.37. The minimum Gasteiger partial charge on any atom is -0.444 e. The number of nitrogens with zero attached hydrogens (tertiary/aromatic N) is 3. The third-order valence-electron chi connectivity index (χ3n) is 3.14. The van der Waals surface area contributed by atoms with Gasteiger partial charge < -0.3 is 10.2 Å². The lowest BCUT2D eigenvalue weighted by Crippen LogP contribution is -2.10. The van der Waals surface area contributed by atoms with Crippen molar-refractivity contribution in [1.29, 1.82) is 0 Å². The van der Waals surface area contributed by atoms with Crippen LogP contribution in [0.3, 0.4) is 0 Å². The molecule has 0 saturated heterocycles. The molecule has 2 N–H and O–H groups in total. The maximum absolute atomic E-state index is 6.07. The van der Waals surface area contributed by atoms with E-state index in [1.165, 1.54) is 0 Å². The van der Waals surface area contributed by atoms with Crippen LogP contribution in [0.4, 0.5) is 5.95 Å². The summed E-state index contributed by atoms with van der Waals surface area (Å²) in [7, 11) is 0. The van der Waals surface area contributed by atoms with Crippen LogP contribution < -0.4 is 5.73 Å². The van der Waals surface area contributed by atoms with Gasteiger partial charge in [-0.15, -0.1) is 0 Å². The molecule has 3 rings (SSSR count). The van der Waals surface area contributed by atoms with Gasteiger partial charge in [-0.2, -0.15) is 0 Å². The van der Waals surface area contributed by atoms with E-state index in [9.17, 15) is 0 Å². The van der Waals surface area contributed by atoms with E-state index in [1.54, 1.807) is 18.3 Å². The molecule has 3 aromatic rings. The van der Waals surface area contributed by atoms with Gasteiger partial charge in [0, 0.05) is 0 Å². The van der Waals surface area contributed by atoms with Gasteiger partial charge in [0.15, 0.2) is 0 Å². The number of imidazole rings is 1. The van der Waals surface area contributed by atoms with E-state index in [4.69, 9.17) is 33.4 Å². The molecule has 1 atom stereocenters. The van der Waals surface area contributed by atoms with Gasteiger partial charge in [0.25, 0.3) is 0 Å². The minimum absolute atomic E-state index is 0.189. The van der Waals surface area contributed by atoms with Crippen molar-refractivity contribution in [2.45, 2.75) is 19.9 Å². The first kappa shape index (κ1) is 13.3. The van der Waals surface area contributed by atoms with Crippen molar-refractivity contribution in [3.63, 3.8) is 0 Å². The van der Waals surface area contributed by atoms with Crippen LogP contribution in [0.2, 0.25) is 10.0 Å². The maximum atomic E-state index is 6.07. The Kier molecular flexibility index (Phi) is 3.11. The highest BCUT2D eigenvalue weighted by Gasteiger charge is 2.20. The van der Waals surface area contributed by atoms with Gasteiger partial charge in [-0.05, 0) is 26.0 Å². The van der Waals surface area contributed by atoms with Crippen LogP contribution in [0.15, 0.2) is 22.7 Å². The van der Waals surface area contributed by atoms with Gasteiger partial charge in [0.05, 0.1) is 27.3 Å². The average Bonchev–Trinajstić information content (AvgIpc) is 2.93. The number of nitrogens with two attached hydrogens (primary N) is 1. The average molecular weight is 311 g/mol. The fourth-order valence-corrected chi connectivity index (χ4v) is 2.51. The molecule has 0 amide bonds. The Morgan fingerprint density at radius 2 is 2.00 bits per heavy atom. The van der Waals surface area contributed by atoms with Crippen LogP contribution in [-0.4, -0.2) is 14.5 Å². The summed E-state index contributed by atoms with van der Waals surface area (Å²) in [6.45, 7) is 3.78. The molecule has 104 valence electrons. The third kappa shape index (κ3) is 2.03. The van der Waals surface area contributed by atoms with Gasteiger partial charge in [-0.1, -0.05) is 23.2 Å². The van der Waals surface area contributed by atoms with Gasteiger partial charge in [-0.25, -0.2) is 9.97 Å². The summed E-state index contributed by atoms with van der Waals surface area (Å²) in [4.78, 5) is 8.53. The Morgan fingerprint density at radius 3 is 2.65 bits per heavy atom. The quantitative estimate of drug-likeness (QED) is 0.781.